The zero-order valence-electron chi connectivity index (χ0n) is 18.5. The number of benzene rings is 3. The zero-order valence-corrected chi connectivity index (χ0v) is 19.4. The van der Waals surface area contributed by atoms with Gasteiger partial charge in [-0.25, -0.2) is 8.42 Å². The Hall–Kier alpha value is -3.33. The van der Waals surface area contributed by atoms with Crippen molar-refractivity contribution >= 4 is 21.6 Å². The van der Waals surface area contributed by atoms with E-state index in [9.17, 15) is 26.4 Å². The third-order valence-corrected chi connectivity index (χ3v) is 6.91. The normalized spacial score (nSPS) is 11.8. The summed E-state index contributed by atoms with van der Waals surface area (Å²) in [4.78, 5) is 12.5. The third-order valence-electron chi connectivity index (χ3n) is 5.13. The summed E-state index contributed by atoms with van der Waals surface area (Å²) in [6, 6.07) is 19.2. The van der Waals surface area contributed by atoms with E-state index in [4.69, 9.17) is 0 Å². The molecule has 0 atom stereocenters. The number of nitrogens with one attached hydrogen (secondary N) is 1. The fourth-order valence-electron chi connectivity index (χ4n) is 3.45. The fourth-order valence-corrected chi connectivity index (χ4v) is 4.88. The number of carbonyl (C=O) groups excluding carboxylic acids is 1. The minimum Gasteiger partial charge on any atom is -0.355 e. The summed E-state index contributed by atoms with van der Waals surface area (Å²) >= 11 is 0. The van der Waals surface area contributed by atoms with Crippen LogP contribution in [0.2, 0.25) is 0 Å². The number of rotatable bonds is 9. The van der Waals surface area contributed by atoms with Gasteiger partial charge in [-0.3, -0.25) is 9.10 Å². The summed E-state index contributed by atoms with van der Waals surface area (Å²) in [7, 11) is -4.28. The van der Waals surface area contributed by atoms with Crippen molar-refractivity contribution in [1.82, 2.24) is 5.32 Å². The second-order valence-electron chi connectivity index (χ2n) is 7.82. The Morgan fingerprint density at radius 1 is 0.941 bits per heavy atom. The molecule has 0 bridgehead atoms. The van der Waals surface area contributed by atoms with Crippen molar-refractivity contribution in [3.63, 3.8) is 0 Å². The van der Waals surface area contributed by atoms with Gasteiger partial charge in [0, 0.05) is 6.54 Å². The number of nitrogens with zero attached hydrogens (tertiary/aromatic N) is 1. The maximum atomic E-state index is 13.2. The predicted octanol–water partition coefficient (Wildman–Crippen LogP) is 4.96. The lowest BCUT2D eigenvalue weighted by Crippen LogP contribution is -2.41. The van der Waals surface area contributed by atoms with Crippen molar-refractivity contribution in [3.05, 3.63) is 95.6 Å². The Labute approximate surface area is 197 Å². The molecule has 0 unspecified atom stereocenters. The topological polar surface area (TPSA) is 66.5 Å². The summed E-state index contributed by atoms with van der Waals surface area (Å²) in [6.07, 6.45) is -3.30. The van der Waals surface area contributed by atoms with Gasteiger partial charge in [-0.1, -0.05) is 54.1 Å². The summed E-state index contributed by atoms with van der Waals surface area (Å²) < 4.78 is 66.9. The molecule has 34 heavy (non-hydrogen) atoms. The maximum Gasteiger partial charge on any atom is 0.416 e. The molecule has 0 spiro atoms. The van der Waals surface area contributed by atoms with Crippen LogP contribution in [0.15, 0.2) is 83.8 Å². The van der Waals surface area contributed by atoms with E-state index in [1.807, 2.05) is 31.2 Å². The molecule has 0 aromatic heterocycles. The second-order valence-corrected chi connectivity index (χ2v) is 9.68. The third kappa shape index (κ3) is 6.60. The van der Waals surface area contributed by atoms with Gasteiger partial charge in [0.15, 0.2) is 0 Å². The number of carbonyl (C=O) groups is 1. The van der Waals surface area contributed by atoms with Crippen molar-refractivity contribution in [2.75, 3.05) is 17.4 Å². The van der Waals surface area contributed by atoms with Gasteiger partial charge < -0.3 is 5.32 Å². The van der Waals surface area contributed by atoms with E-state index in [0.29, 0.717) is 17.3 Å². The molecule has 5 nitrogen and oxygen atoms in total. The smallest absolute Gasteiger partial charge is 0.355 e. The molecule has 3 rings (SSSR count). The lowest BCUT2D eigenvalue weighted by atomic mass is 10.1. The highest BCUT2D eigenvalue weighted by Gasteiger charge is 2.33. The predicted molar refractivity (Wildman–Crippen MR) is 125 cm³/mol. The first kappa shape index (κ1) is 25.3. The van der Waals surface area contributed by atoms with Crippen LogP contribution in [0.4, 0.5) is 18.9 Å². The van der Waals surface area contributed by atoms with Gasteiger partial charge in [0.25, 0.3) is 10.0 Å². The van der Waals surface area contributed by atoms with E-state index >= 15 is 0 Å². The molecule has 3 aromatic rings. The zero-order chi connectivity index (χ0) is 24.8. The van der Waals surface area contributed by atoms with Crippen LogP contribution in [0.3, 0.4) is 0 Å². The molecule has 0 aliphatic rings. The van der Waals surface area contributed by atoms with E-state index in [2.05, 4.69) is 5.32 Å². The van der Waals surface area contributed by atoms with Gasteiger partial charge in [-0.2, -0.15) is 13.2 Å². The van der Waals surface area contributed by atoms with Gasteiger partial charge in [0.1, 0.15) is 6.54 Å². The lowest BCUT2D eigenvalue weighted by molar-refractivity contribution is -0.137. The maximum absolute atomic E-state index is 13.2. The molecule has 1 amide bonds. The largest absolute Gasteiger partial charge is 0.416 e. The average molecular weight is 491 g/mol. The first-order chi connectivity index (χ1) is 16.1. The van der Waals surface area contributed by atoms with Gasteiger partial charge >= 0.3 is 6.18 Å². The molecule has 9 heteroatoms. The van der Waals surface area contributed by atoms with Gasteiger partial charge in [-0.15, -0.1) is 0 Å². The molecule has 0 saturated carbocycles. The lowest BCUT2D eigenvalue weighted by Gasteiger charge is -2.25. The summed E-state index contributed by atoms with van der Waals surface area (Å²) in [6.45, 7) is 1.64. The highest BCUT2D eigenvalue weighted by Crippen LogP contribution is 2.33. The standard InChI is InChI=1S/C25H25F3N2O3S/c1-19-8-5-9-20(16-19)10-7-15-29-24(31)18-30(34(32,33)23-13-3-2-4-14-23)22-12-6-11-21(17-22)25(26,27)28/h2-6,8-9,11-14,16-17H,7,10,15,18H2,1H3,(H,29,31). The molecule has 180 valence electrons. The second kappa shape index (κ2) is 10.7. The van der Waals surface area contributed by atoms with Gasteiger partial charge in [0.05, 0.1) is 16.1 Å². The van der Waals surface area contributed by atoms with E-state index in [1.54, 1.807) is 6.07 Å². The summed E-state index contributed by atoms with van der Waals surface area (Å²) in [5.74, 6) is -0.610. The number of alkyl halides is 3. The number of hydrogen-bond acceptors (Lipinski definition) is 3. The molecule has 0 radical (unpaired) electrons. The molecule has 0 aliphatic heterocycles. The van der Waals surface area contributed by atoms with Crippen LogP contribution in [0.5, 0.6) is 0 Å². The first-order valence-electron chi connectivity index (χ1n) is 10.6. The van der Waals surface area contributed by atoms with Crippen LogP contribution in [-0.2, 0) is 27.4 Å². The number of anilines is 1. The number of hydrogen-bond donors (Lipinski definition) is 1. The number of halogens is 3. The highest BCUT2D eigenvalue weighted by atomic mass is 32.2. The van der Waals surface area contributed by atoms with Crippen molar-refractivity contribution in [1.29, 1.82) is 0 Å². The van der Waals surface area contributed by atoms with Crippen LogP contribution in [0.25, 0.3) is 0 Å². The van der Waals surface area contributed by atoms with E-state index < -0.39 is 34.2 Å². The summed E-state index contributed by atoms with van der Waals surface area (Å²) in [5, 5.41) is 2.67. The minimum atomic E-state index is -4.66. The Balaban J connectivity index is 1.77. The molecule has 3 aromatic carbocycles. The Morgan fingerprint density at radius 2 is 1.65 bits per heavy atom. The number of amides is 1. The van der Waals surface area contributed by atoms with Crippen LogP contribution >= 0.6 is 0 Å². The van der Waals surface area contributed by atoms with Crippen LogP contribution in [0, 0.1) is 6.92 Å². The van der Waals surface area contributed by atoms with Crippen molar-refractivity contribution in [2.24, 2.45) is 0 Å². The number of sulfonamides is 1. The molecular weight excluding hydrogens is 465 g/mol. The van der Waals surface area contributed by atoms with E-state index in [1.165, 1.54) is 30.3 Å². The minimum absolute atomic E-state index is 0.125. The van der Waals surface area contributed by atoms with Gasteiger partial charge in [0.2, 0.25) is 5.91 Å². The molecule has 0 heterocycles. The Kier molecular flexibility index (Phi) is 7.98. The van der Waals surface area contributed by atoms with E-state index in [0.717, 1.165) is 35.7 Å². The van der Waals surface area contributed by atoms with E-state index in [-0.39, 0.29) is 10.6 Å². The van der Waals surface area contributed by atoms with Gasteiger partial charge in [-0.05, 0) is 55.7 Å². The average Bonchev–Trinajstić information content (AvgIpc) is 2.80. The van der Waals surface area contributed by atoms with Crippen LogP contribution in [0.1, 0.15) is 23.1 Å². The quantitative estimate of drug-likeness (QED) is 0.431. The van der Waals surface area contributed by atoms with Crippen molar-refractivity contribution in [2.45, 2.75) is 30.8 Å². The molecular formula is C25H25F3N2O3S. The first-order valence-corrected chi connectivity index (χ1v) is 12.1. The molecule has 0 aliphatic carbocycles. The monoisotopic (exact) mass is 490 g/mol. The molecule has 0 fully saturated rings. The molecule has 0 saturated heterocycles. The van der Waals surface area contributed by atoms with Crippen molar-refractivity contribution < 1.29 is 26.4 Å². The SMILES string of the molecule is Cc1cccc(CCCNC(=O)CN(c2cccc(C(F)(F)F)c2)S(=O)(=O)c2ccccc2)c1. The Morgan fingerprint density at radius 3 is 2.32 bits per heavy atom. The number of aryl methyl sites for hydroxylation is 2. The Bertz CT molecular complexity index is 1230. The van der Waals surface area contributed by atoms with Crippen LogP contribution in [-0.4, -0.2) is 27.4 Å². The summed E-state index contributed by atoms with van der Waals surface area (Å²) in [5.41, 5.74) is 1.00. The highest BCUT2D eigenvalue weighted by molar-refractivity contribution is 7.92. The molecule has 1 N–H and O–H groups in total. The van der Waals surface area contributed by atoms with Crippen molar-refractivity contribution in [3.8, 4) is 0 Å². The fraction of sp³-hybridized carbons (Fsp3) is 0.240. The van der Waals surface area contributed by atoms with Crippen LogP contribution < -0.4 is 9.62 Å².